The number of carbonyl (C=O) groups excluding carboxylic acids is 3. The summed E-state index contributed by atoms with van der Waals surface area (Å²) in [6.45, 7) is 11.4. The zero-order valence-corrected chi connectivity index (χ0v) is 21.7. The van der Waals surface area contributed by atoms with Crippen LogP contribution in [0.3, 0.4) is 0 Å². The highest BCUT2D eigenvalue weighted by molar-refractivity contribution is 5.96. The average molecular weight is 501 g/mol. The van der Waals surface area contributed by atoms with E-state index in [9.17, 15) is 24.6 Å². The molecule has 0 aromatic carbocycles. The smallest absolute Gasteiger partial charge is 0.336 e. The molecule has 0 bridgehead atoms. The van der Waals surface area contributed by atoms with Crippen LogP contribution in [0.4, 0.5) is 0 Å². The lowest BCUT2D eigenvalue weighted by molar-refractivity contribution is -0.270. The Hall–Kier alpha value is -2.03. The van der Waals surface area contributed by atoms with Gasteiger partial charge in [-0.2, -0.15) is 0 Å². The number of carbonyl (C=O) groups is 3. The summed E-state index contributed by atoms with van der Waals surface area (Å²) in [7, 11) is 0. The van der Waals surface area contributed by atoms with Gasteiger partial charge in [0.25, 0.3) is 0 Å². The molecule has 36 heavy (non-hydrogen) atoms. The summed E-state index contributed by atoms with van der Waals surface area (Å²) in [5.74, 6) is -1.70. The van der Waals surface area contributed by atoms with Crippen LogP contribution in [0.15, 0.2) is 23.8 Å². The number of ether oxygens (including phenoxy) is 3. The number of epoxide rings is 1. The molecular formula is C28H36O8. The van der Waals surface area contributed by atoms with E-state index in [-0.39, 0.29) is 23.7 Å². The minimum absolute atomic E-state index is 0.0419. The van der Waals surface area contributed by atoms with Gasteiger partial charge in [-0.3, -0.25) is 9.59 Å². The van der Waals surface area contributed by atoms with E-state index in [4.69, 9.17) is 14.2 Å². The van der Waals surface area contributed by atoms with Crippen LogP contribution >= 0.6 is 0 Å². The molecule has 4 fully saturated rings. The average Bonchev–Trinajstić information content (AvgIpc) is 3.33. The number of fused-ring (bicyclic) bond motifs is 3. The predicted octanol–water partition coefficient (Wildman–Crippen LogP) is 2.46. The molecule has 6 rings (SSSR count). The van der Waals surface area contributed by atoms with Crippen LogP contribution in [0.25, 0.3) is 0 Å². The van der Waals surface area contributed by atoms with Gasteiger partial charge in [-0.25, -0.2) is 4.79 Å². The van der Waals surface area contributed by atoms with E-state index < -0.39 is 63.6 Å². The van der Waals surface area contributed by atoms with Gasteiger partial charge in [0.1, 0.15) is 11.7 Å². The largest absolute Gasteiger partial charge is 0.459 e. The number of allylic oxidation sites excluding steroid dienone is 2. The fourth-order valence-electron chi connectivity index (χ4n) is 10.2. The number of aliphatic hydroxyl groups excluding tert-OH is 2. The molecule has 2 N–H and O–H groups in total. The molecular weight excluding hydrogens is 464 g/mol. The Balaban J connectivity index is 1.53. The molecule has 6 aliphatic rings. The summed E-state index contributed by atoms with van der Waals surface area (Å²) < 4.78 is 17.6. The first-order chi connectivity index (χ1) is 16.7. The number of ketones is 1. The highest BCUT2D eigenvalue weighted by Gasteiger charge is 2.88. The van der Waals surface area contributed by atoms with E-state index >= 15 is 0 Å². The quantitative estimate of drug-likeness (QED) is 0.438. The SMILES string of the molecule is CC(=O)O[C@@H]1[C@H](O)[C@H]2C(C)(C)C(=O)C=C[C@]2(C)[C@H]2CC[C@@]3(C)[C@H](C4=CC(O)OC4=O)C[C@@H]4O[C@@]43[C@]12C. The topological polar surface area (TPSA) is 123 Å². The molecule has 0 amide bonds. The van der Waals surface area contributed by atoms with E-state index in [1.807, 2.05) is 19.9 Å². The van der Waals surface area contributed by atoms with Crippen molar-refractivity contribution in [2.45, 2.75) is 91.0 Å². The van der Waals surface area contributed by atoms with Crippen LogP contribution in [-0.4, -0.2) is 58.1 Å². The number of hydrogen-bond acceptors (Lipinski definition) is 8. The lowest BCUT2D eigenvalue weighted by Gasteiger charge is -2.68. The first-order valence-electron chi connectivity index (χ1n) is 13.0. The van der Waals surface area contributed by atoms with E-state index in [2.05, 4.69) is 20.8 Å². The highest BCUT2D eigenvalue weighted by atomic mass is 16.6. The maximum Gasteiger partial charge on any atom is 0.336 e. The van der Waals surface area contributed by atoms with Gasteiger partial charge in [0.05, 0.1) is 12.2 Å². The molecule has 0 aromatic rings. The third kappa shape index (κ3) is 2.49. The third-order valence-corrected chi connectivity index (χ3v) is 11.4. The Morgan fingerprint density at radius 1 is 1.14 bits per heavy atom. The molecule has 2 heterocycles. The molecule has 2 aliphatic heterocycles. The monoisotopic (exact) mass is 500 g/mol. The summed E-state index contributed by atoms with van der Waals surface area (Å²) in [5, 5.41) is 21.9. The normalized spacial score (nSPS) is 54.0. The minimum atomic E-state index is -1.24. The summed E-state index contributed by atoms with van der Waals surface area (Å²) >= 11 is 0. The van der Waals surface area contributed by atoms with Crippen molar-refractivity contribution in [1.82, 2.24) is 0 Å². The molecule has 8 heteroatoms. The summed E-state index contributed by atoms with van der Waals surface area (Å²) in [4.78, 5) is 38.0. The second-order valence-corrected chi connectivity index (χ2v) is 13.1. The second-order valence-electron chi connectivity index (χ2n) is 13.1. The standard InChI is InChI=1S/C28H36O8/c1-13(29)34-22-20(32)21-24(2,3)17(30)8-9-25(21,4)16-7-10-26(5)15(14-11-19(31)35-23(14)33)12-18-28(26,36-18)27(16,22)6/h8-9,11,15-16,18-22,31-32H,7,10,12H2,1-6H3/t15-,16+,18-,19?,20+,21-,22+,25+,26-,27-,28-/m0/s1. The Kier molecular flexibility index (Phi) is 4.65. The fraction of sp³-hybridized carbons (Fsp3) is 0.750. The van der Waals surface area contributed by atoms with Gasteiger partial charge in [-0.15, -0.1) is 0 Å². The predicted molar refractivity (Wildman–Crippen MR) is 126 cm³/mol. The Morgan fingerprint density at radius 2 is 1.83 bits per heavy atom. The zero-order chi connectivity index (χ0) is 26.2. The van der Waals surface area contributed by atoms with E-state index in [0.717, 1.165) is 12.8 Å². The molecule has 11 atom stereocenters. The summed E-state index contributed by atoms with van der Waals surface area (Å²) in [6, 6.07) is 0. The van der Waals surface area contributed by atoms with E-state index in [1.165, 1.54) is 13.0 Å². The third-order valence-electron chi connectivity index (χ3n) is 11.4. The molecule has 0 radical (unpaired) electrons. The van der Waals surface area contributed by atoms with Crippen molar-refractivity contribution in [3.63, 3.8) is 0 Å². The Labute approximate surface area is 211 Å². The van der Waals surface area contributed by atoms with Crippen LogP contribution in [0.5, 0.6) is 0 Å². The van der Waals surface area contributed by atoms with Crippen LogP contribution < -0.4 is 0 Å². The fourth-order valence-corrected chi connectivity index (χ4v) is 10.2. The Morgan fingerprint density at radius 3 is 2.44 bits per heavy atom. The minimum Gasteiger partial charge on any atom is -0.459 e. The number of rotatable bonds is 2. The van der Waals surface area contributed by atoms with Crippen molar-refractivity contribution < 1.29 is 38.8 Å². The first kappa shape index (κ1) is 24.3. The maximum absolute atomic E-state index is 13.0. The van der Waals surface area contributed by atoms with Crippen molar-refractivity contribution in [1.29, 1.82) is 0 Å². The van der Waals surface area contributed by atoms with Gasteiger partial charge < -0.3 is 24.4 Å². The van der Waals surface area contributed by atoms with Gasteiger partial charge in [0, 0.05) is 40.6 Å². The highest BCUT2D eigenvalue weighted by Crippen LogP contribution is 2.81. The van der Waals surface area contributed by atoms with Gasteiger partial charge in [0.15, 0.2) is 5.78 Å². The van der Waals surface area contributed by atoms with Crippen molar-refractivity contribution in [2.75, 3.05) is 0 Å². The molecule has 3 saturated carbocycles. The van der Waals surface area contributed by atoms with Gasteiger partial charge >= 0.3 is 11.9 Å². The van der Waals surface area contributed by atoms with Crippen molar-refractivity contribution in [3.8, 4) is 0 Å². The lowest BCUT2D eigenvalue weighted by atomic mass is 9.36. The van der Waals surface area contributed by atoms with Crippen molar-refractivity contribution in [3.05, 3.63) is 23.8 Å². The number of esters is 2. The summed E-state index contributed by atoms with van der Waals surface area (Å²) in [6.07, 6.45) is 3.84. The van der Waals surface area contributed by atoms with Crippen molar-refractivity contribution >= 4 is 17.7 Å². The van der Waals surface area contributed by atoms with Crippen LogP contribution in [0.1, 0.15) is 60.8 Å². The van der Waals surface area contributed by atoms with E-state index in [1.54, 1.807) is 6.08 Å². The molecule has 4 aliphatic carbocycles. The molecule has 196 valence electrons. The van der Waals surface area contributed by atoms with Crippen LogP contribution in [0, 0.1) is 39.4 Å². The number of cyclic esters (lactones) is 1. The second kappa shape index (κ2) is 6.88. The molecule has 0 aromatic heterocycles. The maximum atomic E-state index is 13.0. The van der Waals surface area contributed by atoms with Crippen LogP contribution in [0.2, 0.25) is 0 Å². The summed E-state index contributed by atoms with van der Waals surface area (Å²) in [5.41, 5.74) is -2.90. The Bertz CT molecular complexity index is 1140. The lowest BCUT2D eigenvalue weighted by Crippen LogP contribution is -2.74. The van der Waals surface area contributed by atoms with Crippen LogP contribution in [-0.2, 0) is 28.6 Å². The van der Waals surface area contributed by atoms with Gasteiger partial charge in [0.2, 0.25) is 6.29 Å². The molecule has 1 spiro atoms. The molecule has 8 nitrogen and oxygen atoms in total. The van der Waals surface area contributed by atoms with Gasteiger partial charge in [-0.05, 0) is 42.7 Å². The number of hydrogen-bond donors (Lipinski definition) is 2. The van der Waals surface area contributed by atoms with Gasteiger partial charge in [-0.1, -0.05) is 40.7 Å². The molecule has 1 saturated heterocycles. The first-order valence-corrected chi connectivity index (χ1v) is 13.0. The zero-order valence-electron chi connectivity index (χ0n) is 21.7. The van der Waals surface area contributed by atoms with Crippen molar-refractivity contribution in [2.24, 2.45) is 39.4 Å². The van der Waals surface area contributed by atoms with E-state index in [0.29, 0.717) is 12.0 Å². The number of aliphatic hydroxyl groups is 2. The molecule has 1 unspecified atom stereocenters.